The minimum Gasteiger partial charge on any atom is -0.376 e. The molecule has 84 valence electrons. The van der Waals surface area contributed by atoms with Crippen molar-refractivity contribution in [3.63, 3.8) is 0 Å². The van der Waals surface area contributed by atoms with Crippen molar-refractivity contribution in [2.75, 3.05) is 0 Å². The molecule has 15 heavy (non-hydrogen) atoms. The third-order valence-electron chi connectivity index (χ3n) is 1.30. The fraction of sp³-hybridized carbons (Fsp3) is 0.143. The molecule has 0 aliphatic carbocycles. The highest BCUT2D eigenvalue weighted by atomic mass is 127. The first kappa shape index (κ1) is 12.6. The van der Waals surface area contributed by atoms with E-state index in [1.165, 1.54) is 12.1 Å². The van der Waals surface area contributed by atoms with E-state index in [1.54, 1.807) is 0 Å². The molecular weight excluding hydrogens is 348 g/mol. The van der Waals surface area contributed by atoms with Gasteiger partial charge in [0, 0.05) is 3.57 Å². The van der Waals surface area contributed by atoms with Crippen LogP contribution in [0.2, 0.25) is 0 Å². The summed E-state index contributed by atoms with van der Waals surface area (Å²) in [5, 5.41) is 0. The maximum absolute atomic E-state index is 11.9. The van der Waals surface area contributed by atoms with Crippen LogP contribution in [0.25, 0.3) is 0 Å². The Morgan fingerprint density at radius 1 is 1.13 bits per heavy atom. The van der Waals surface area contributed by atoms with E-state index in [1.807, 2.05) is 22.6 Å². The van der Waals surface area contributed by atoms with E-state index < -0.39 is 15.6 Å². The standard InChI is InChI=1S/C7H4F3IO3S/c8-7(9,10)15(12,13)14-6-3-1-5(11)2-4-6/h1-4H. The van der Waals surface area contributed by atoms with Gasteiger partial charge in [0.05, 0.1) is 0 Å². The lowest BCUT2D eigenvalue weighted by molar-refractivity contribution is -0.0500. The van der Waals surface area contributed by atoms with E-state index in [-0.39, 0.29) is 5.75 Å². The highest BCUT2D eigenvalue weighted by Crippen LogP contribution is 2.26. The van der Waals surface area contributed by atoms with Crippen LogP contribution in [0, 0.1) is 3.57 Å². The molecule has 0 aromatic heterocycles. The fourth-order valence-corrected chi connectivity index (χ4v) is 1.48. The van der Waals surface area contributed by atoms with E-state index in [4.69, 9.17) is 0 Å². The first-order valence-corrected chi connectivity index (χ1v) is 5.97. The van der Waals surface area contributed by atoms with Gasteiger partial charge in [-0.3, -0.25) is 0 Å². The summed E-state index contributed by atoms with van der Waals surface area (Å²) in [6.45, 7) is 0. The fourth-order valence-electron chi connectivity index (χ4n) is 0.664. The Labute approximate surface area is 97.5 Å². The summed E-state index contributed by atoms with van der Waals surface area (Å²) >= 11 is 1.92. The van der Waals surface area contributed by atoms with Crippen molar-refractivity contribution in [2.45, 2.75) is 5.51 Å². The normalized spacial score (nSPS) is 12.5. The topological polar surface area (TPSA) is 43.4 Å². The Balaban J connectivity index is 2.93. The van der Waals surface area contributed by atoms with E-state index in [0.29, 0.717) is 0 Å². The molecule has 0 saturated carbocycles. The lowest BCUT2D eigenvalue weighted by Crippen LogP contribution is -2.28. The molecule has 0 saturated heterocycles. The van der Waals surface area contributed by atoms with Crippen molar-refractivity contribution in [1.82, 2.24) is 0 Å². The third-order valence-corrected chi connectivity index (χ3v) is 3.00. The first-order chi connectivity index (χ1) is 6.72. The van der Waals surface area contributed by atoms with Gasteiger partial charge in [-0.15, -0.1) is 0 Å². The molecule has 0 aliphatic rings. The Hall–Kier alpha value is -0.510. The lowest BCUT2D eigenvalue weighted by Gasteiger charge is -2.08. The van der Waals surface area contributed by atoms with Crippen molar-refractivity contribution < 1.29 is 25.8 Å². The van der Waals surface area contributed by atoms with Crippen molar-refractivity contribution in [3.8, 4) is 5.75 Å². The van der Waals surface area contributed by atoms with Crippen LogP contribution in [0.1, 0.15) is 0 Å². The van der Waals surface area contributed by atoms with Crippen LogP contribution >= 0.6 is 22.6 Å². The monoisotopic (exact) mass is 352 g/mol. The molecule has 8 heteroatoms. The summed E-state index contributed by atoms with van der Waals surface area (Å²) in [4.78, 5) is 0. The zero-order valence-electron chi connectivity index (χ0n) is 6.95. The number of hydrogen-bond acceptors (Lipinski definition) is 3. The van der Waals surface area contributed by atoms with Gasteiger partial charge in [0.25, 0.3) is 0 Å². The van der Waals surface area contributed by atoms with Crippen molar-refractivity contribution >= 4 is 32.7 Å². The second-order valence-electron chi connectivity index (χ2n) is 2.44. The summed E-state index contributed by atoms with van der Waals surface area (Å²) in [7, 11) is -5.57. The Morgan fingerprint density at radius 2 is 1.60 bits per heavy atom. The van der Waals surface area contributed by atoms with Crippen LogP contribution in [0.15, 0.2) is 24.3 Å². The Bertz CT molecular complexity index is 438. The molecule has 0 bridgehead atoms. The zero-order chi connectivity index (χ0) is 11.7. The highest BCUT2D eigenvalue weighted by Gasteiger charge is 2.48. The maximum atomic E-state index is 11.9. The smallest absolute Gasteiger partial charge is 0.376 e. The molecule has 0 heterocycles. The summed E-state index contributed by atoms with van der Waals surface area (Å²) in [5.74, 6) is -0.368. The van der Waals surface area contributed by atoms with Crippen LogP contribution in [0.4, 0.5) is 13.2 Å². The molecule has 1 aromatic rings. The van der Waals surface area contributed by atoms with Gasteiger partial charge in [-0.25, -0.2) is 0 Å². The number of rotatable bonds is 2. The van der Waals surface area contributed by atoms with Crippen LogP contribution in [0.5, 0.6) is 5.75 Å². The van der Waals surface area contributed by atoms with Gasteiger partial charge in [-0.05, 0) is 46.9 Å². The second-order valence-corrected chi connectivity index (χ2v) is 5.22. The quantitative estimate of drug-likeness (QED) is 0.467. The second kappa shape index (κ2) is 4.16. The predicted molar refractivity (Wildman–Crippen MR) is 54.8 cm³/mol. The van der Waals surface area contributed by atoms with Crippen LogP contribution < -0.4 is 4.18 Å². The Kier molecular flexibility index (Phi) is 3.48. The van der Waals surface area contributed by atoms with Crippen LogP contribution in [0.3, 0.4) is 0 Å². The number of hydrogen-bond donors (Lipinski definition) is 0. The summed E-state index contributed by atoms with van der Waals surface area (Å²) in [6, 6.07) is 5.15. The molecule has 0 amide bonds. The van der Waals surface area contributed by atoms with E-state index in [0.717, 1.165) is 15.7 Å². The zero-order valence-corrected chi connectivity index (χ0v) is 9.93. The summed E-state index contributed by atoms with van der Waals surface area (Å²) in [6.07, 6.45) is 0. The predicted octanol–water partition coefficient (Wildman–Crippen LogP) is 2.52. The Morgan fingerprint density at radius 3 is 2.00 bits per heavy atom. The summed E-state index contributed by atoms with van der Waals surface area (Å²) < 4.78 is 61.4. The van der Waals surface area contributed by atoms with E-state index >= 15 is 0 Å². The maximum Gasteiger partial charge on any atom is 0.534 e. The minimum absolute atomic E-state index is 0.368. The lowest BCUT2D eigenvalue weighted by atomic mass is 10.3. The number of halogens is 4. The molecule has 0 radical (unpaired) electrons. The van der Waals surface area contributed by atoms with Gasteiger partial charge >= 0.3 is 15.6 Å². The molecule has 1 rings (SSSR count). The third kappa shape index (κ3) is 3.23. The summed E-state index contributed by atoms with van der Waals surface area (Å²) in [5.41, 5.74) is -5.41. The van der Waals surface area contributed by atoms with Crippen molar-refractivity contribution in [2.24, 2.45) is 0 Å². The minimum atomic E-state index is -5.57. The SMILES string of the molecule is O=S(=O)(Oc1ccc(I)cc1)C(F)(F)F. The highest BCUT2D eigenvalue weighted by molar-refractivity contribution is 14.1. The average Bonchev–Trinajstić information content (AvgIpc) is 2.06. The van der Waals surface area contributed by atoms with Crippen LogP contribution in [-0.4, -0.2) is 13.9 Å². The largest absolute Gasteiger partial charge is 0.534 e. The van der Waals surface area contributed by atoms with Crippen molar-refractivity contribution in [1.29, 1.82) is 0 Å². The number of alkyl halides is 3. The average molecular weight is 352 g/mol. The first-order valence-electron chi connectivity index (χ1n) is 3.49. The molecular formula is C7H4F3IO3S. The van der Waals surface area contributed by atoms with Crippen LogP contribution in [-0.2, 0) is 10.1 Å². The van der Waals surface area contributed by atoms with E-state index in [2.05, 4.69) is 4.18 Å². The molecule has 0 unspecified atom stereocenters. The van der Waals surface area contributed by atoms with Gasteiger partial charge in [0.2, 0.25) is 0 Å². The molecule has 0 spiro atoms. The van der Waals surface area contributed by atoms with Gasteiger partial charge < -0.3 is 4.18 Å². The molecule has 0 atom stereocenters. The van der Waals surface area contributed by atoms with E-state index in [9.17, 15) is 21.6 Å². The molecule has 3 nitrogen and oxygen atoms in total. The molecule has 0 N–H and O–H groups in total. The molecule has 0 fully saturated rings. The van der Waals surface area contributed by atoms with Gasteiger partial charge in [0.15, 0.2) is 0 Å². The van der Waals surface area contributed by atoms with Gasteiger partial charge in [-0.2, -0.15) is 21.6 Å². The van der Waals surface area contributed by atoms with Gasteiger partial charge in [0.1, 0.15) is 5.75 Å². The number of benzene rings is 1. The molecule has 1 aromatic carbocycles. The molecule has 0 aliphatic heterocycles. The van der Waals surface area contributed by atoms with Gasteiger partial charge in [-0.1, -0.05) is 0 Å². The van der Waals surface area contributed by atoms with Crippen molar-refractivity contribution in [3.05, 3.63) is 27.8 Å².